The van der Waals surface area contributed by atoms with E-state index in [1.54, 1.807) is 26.0 Å². The van der Waals surface area contributed by atoms with Gasteiger partial charge in [0.05, 0.1) is 29.8 Å². The molecule has 0 aliphatic heterocycles. The summed E-state index contributed by atoms with van der Waals surface area (Å²) in [6, 6.07) is 3.17. The van der Waals surface area contributed by atoms with E-state index in [1.807, 2.05) is 0 Å². The van der Waals surface area contributed by atoms with Crippen molar-refractivity contribution in [2.75, 3.05) is 11.5 Å². The van der Waals surface area contributed by atoms with Gasteiger partial charge in [-0.3, -0.25) is 0 Å². The summed E-state index contributed by atoms with van der Waals surface area (Å²) in [5.74, 6) is 0. The molecule has 0 aliphatic carbocycles. The molecule has 1 amide bonds. The summed E-state index contributed by atoms with van der Waals surface area (Å²) in [6.45, 7) is 3.95. The quantitative estimate of drug-likeness (QED) is 0.841. The standard InChI is InChI=1S/C12H13Cl2NO3/c1-3-18-7-6-15(12(16)17)11-8(2)9(13)4-5-10(11)14/h4-7H,3H2,1-2H3,(H,16,17)/b7-6+. The third-order valence-electron chi connectivity index (χ3n) is 2.24. The van der Waals surface area contributed by atoms with Gasteiger partial charge in [-0.15, -0.1) is 0 Å². The minimum Gasteiger partial charge on any atom is -0.500 e. The molecule has 0 radical (unpaired) electrons. The zero-order valence-corrected chi connectivity index (χ0v) is 11.5. The number of benzene rings is 1. The Morgan fingerprint density at radius 1 is 1.44 bits per heavy atom. The van der Waals surface area contributed by atoms with Crippen LogP contribution in [0.2, 0.25) is 10.0 Å². The first-order valence-electron chi connectivity index (χ1n) is 5.24. The lowest BCUT2D eigenvalue weighted by molar-refractivity contribution is 0.203. The number of hydrogen-bond donors (Lipinski definition) is 1. The van der Waals surface area contributed by atoms with Gasteiger partial charge in [0.2, 0.25) is 0 Å². The number of nitrogens with zero attached hydrogens (tertiary/aromatic N) is 1. The third-order valence-corrected chi connectivity index (χ3v) is 2.95. The summed E-state index contributed by atoms with van der Waals surface area (Å²) in [5.41, 5.74) is 0.917. The van der Waals surface area contributed by atoms with Crippen LogP contribution in [0.3, 0.4) is 0 Å². The smallest absolute Gasteiger partial charge is 0.416 e. The highest BCUT2D eigenvalue weighted by atomic mass is 35.5. The molecule has 0 heterocycles. The van der Waals surface area contributed by atoms with Crippen molar-refractivity contribution in [3.63, 3.8) is 0 Å². The van der Waals surface area contributed by atoms with Gasteiger partial charge in [0.1, 0.15) is 0 Å². The second-order valence-electron chi connectivity index (χ2n) is 3.40. The van der Waals surface area contributed by atoms with Crippen LogP contribution >= 0.6 is 23.2 Å². The summed E-state index contributed by atoms with van der Waals surface area (Å²) >= 11 is 12.0. The van der Waals surface area contributed by atoms with Crippen molar-refractivity contribution in [3.8, 4) is 0 Å². The molecular formula is C12H13Cl2NO3. The molecule has 98 valence electrons. The van der Waals surface area contributed by atoms with Crippen molar-refractivity contribution in [2.45, 2.75) is 13.8 Å². The van der Waals surface area contributed by atoms with Gasteiger partial charge in [-0.05, 0) is 31.5 Å². The Morgan fingerprint density at radius 2 is 2.06 bits per heavy atom. The molecule has 0 fully saturated rings. The number of amides is 1. The van der Waals surface area contributed by atoms with Gasteiger partial charge in [0.15, 0.2) is 0 Å². The molecule has 1 aromatic carbocycles. The number of anilines is 1. The molecule has 1 aromatic rings. The van der Waals surface area contributed by atoms with E-state index in [1.165, 1.54) is 12.5 Å². The van der Waals surface area contributed by atoms with Crippen molar-refractivity contribution in [2.24, 2.45) is 0 Å². The predicted octanol–water partition coefficient (Wildman–Crippen LogP) is 4.29. The van der Waals surface area contributed by atoms with E-state index in [9.17, 15) is 9.90 Å². The van der Waals surface area contributed by atoms with Crippen molar-refractivity contribution in [1.29, 1.82) is 0 Å². The van der Waals surface area contributed by atoms with Gasteiger partial charge in [0.25, 0.3) is 0 Å². The van der Waals surface area contributed by atoms with Gasteiger partial charge >= 0.3 is 6.09 Å². The van der Waals surface area contributed by atoms with Crippen LogP contribution in [-0.4, -0.2) is 17.8 Å². The van der Waals surface area contributed by atoms with Crippen LogP contribution in [0.15, 0.2) is 24.6 Å². The molecule has 0 atom stereocenters. The lowest BCUT2D eigenvalue weighted by atomic mass is 10.2. The molecule has 1 N–H and O–H groups in total. The van der Waals surface area contributed by atoms with E-state index in [2.05, 4.69) is 0 Å². The number of carboxylic acid groups (broad SMARTS) is 1. The van der Waals surface area contributed by atoms with Gasteiger partial charge < -0.3 is 9.84 Å². The maximum absolute atomic E-state index is 11.2. The first-order valence-corrected chi connectivity index (χ1v) is 5.99. The highest BCUT2D eigenvalue weighted by Crippen LogP contribution is 2.34. The van der Waals surface area contributed by atoms with E-state index >= 15 is 0 Å². The van der Waals surface area contributed by atoms with Crippen LogP contribution in [0, 0.1) is 6.92 Å². The molecule has 0 bridgehead atoms. The summed E-state index contributed by atoms with van der Waals surface area (Å²) in [4.78, 5) is 12.2. The second kappa shape index (κ2) is 6.52. The number of hydrogen-bond acceptors (Lipinski definition) is 2. The van der Waals surface area contributed by atoms with E-state index in [0.717, 1.165) is 4.90 Å². The number of rotatable bonds is 4. The average molecular weight is 290 g/mol. The summed E-state index contributed by atoms with van der Waals surface area (Å²) in [6.07, 6.45) is 1.42. The summed E-state index contributed by atoms with van der Waals surface area (Å²) < 4.78 is 4.98. The van der Waals surface area contributed by atoms with E-state index in [4.69, 9.17) is 27.9 Å². The fourth-order valence-corrected chi connectivity index (χ4v) is 1.82. The Hall–Kier alpha value is -1.39. The Kier molecular flexibility index (Phi) is 5.31. The zero-order valence-electron chi connectivity index (χ0n) is 9.98. The van der Waals surface area contributed by atoms with Crippen LogP contribution in [0.4, 0.5) is 10.5 Å². The molecule has 6 heteroatoms. The van der Waals surface area contributed by atoms with Crippen LogP contribution in [-0.2, 0) is 4.74 Å². The van der Waals surface area contributed by atoms with Gasteiger partial charge in [0, 0.05) is 5.02 Å². The first-order chi connectivity index (χ1) is 8.49. The molecule has 0 spiro atoms. The van der Waals surface area contributed by atoms with Crippen molar-refractivity contribution in [1.82, 2.24) is 0 Å². The molecule has 4 nitrogen and oxygen atoms in total. The fourth-order valence-electron chi connectivity index (χ4n) is 1.37. The molecule has 0 aliphatic rings. The highest BCUT2D eigenvalue weighted by molar-refractivity contribution is 6.36. The van der Waals surface area contributed by atoms with E-state index in [-0.39, 0.29) is 0 Å². The highest BCUT2D eigenvalue weighted by Gasteiger charge is 2.18. The SMILES string of the molecule is CCO/C=C/N(C(=O)O)c1c(Cl)ccc(Cl)c1C. The van der Waals surface area contributed by atoms with E-state index < -0.39 is 6.09 Å². The lowest BCUT2D eigenvalue weighted by Gasteiger charge is -2.19. The maximum Gasteiger partial charge on any atom is 0.416 e. The lowest BCUT2D eigenvalue weighted by Crippen LogP contribution is -2.24. The maximum atomic E-state index is 11.2. The average Bonchev–Trinajstić information content (AvgIpc) is 2.32. The van der Waals surface area contributed by atoms with Crippen LogP contribution in [0.5, 0.6) is 0 Å². The minimum atomic E-state index is -1.17. The number of ether oxygens (including phenoxy) is 1. The predicted molar refractivity (Wildman–Crippen MR) is 72.5 cm³/mol. The number of halogens is 2. The van der Waals surface area contributed by atoms with Gasteiger partial charge in [-0.1, -0.05) is 23.2 Å². The zero-order chi connectivity index (χ0) is 13.7. The number of carbonyl (C=O) groups is 1. The van der Waals surface area contributed by atoms with Crippen LogP contribution < -0.4 is 4.90 Å². The Balaban J connectivity index is 3.22. The minimum absolute atomic E-state index is 0.306. The largest absolute Gasteiger partial charge is 0.500 e. The van der Waals surface area contributed by atoms with Crippen LogP contribution in [0.25, 0.3) is 0 Å². The fraction of sp³-hybridized carbons (Fsp3) is 0.250. The van der Waals surface area contributed by atoms with Gasteiger partial charge in [-0.2, -0.15) is 0 Å². The monoisotopic (exact) mass is 289 g/mol. The Morgan fingerprint density at radius 3 is 2.61 bits per heavy atom. The third kappa shape index (κ3) is 3.31. The van der Waals surface area contributed by atoms with Crippen molar-refractivity contribution in [3.05, 3.63) is 40.2 Å². The normalized spacial score (nSPS) is 10.7. The Labute approximate surface area is 115 Å². The molecular weight excluding hydrogens is 277 g/mol. The molecule has 0 saturated carbocycles. The summed E-state index contributed by atoms with van der Waals surface area (Å²) in [5, 5.41) is 9.94. The topological polar surface area (TPSA) is 49.8 Å². The summed E-state index contributed by atoms with van der Waals surface area (Å²) in [7, 11) is 0. The molecule has 0 unspecified atom stereocenters. The second-order valence-corrected chi connectivity index (χ2v) is 4.21. The van der Waals surface area contributed by atoms with E-state index in [0.29, 0.717) is 27.9 Å². The molecule has 18 heavy (non-hydrogen) atoms. The first kappa shape index (κ1) is 14.7. The molecule has 0 saturated heterocycles. The Bertz CT molecular complexity index is 475. The molecule has 1 rings (SSSR count). The van der Waals surface area contributed by atoms with Crippen molar-refractivity contribution >= 4 is 35.0 Å². The molecule has 0 aromatic heterocycles. The van der Waals surface area contributed by atoms with Crippen molar-refractivity contribution < 1.29 is 14.6 Å². The van der Waals surface area contributed by atoms with Gasteiger partial charge in [-0.25, -0.2) is 9.69 Å². The van der Waals surface area contributed by atoms with Crippen LogP contribution in [0.1, 0.15) is 12.5 Å².